The van der Waals surface area contributed by atoms with Crippen molar-refractivity contribution >= 4 is 0 Å². The fraction of sp³-hybridized carbons (Fsp3) is 0.600. The van der Waals surface area contributed by atoms with E-state index in [1.165, 1.54) is 0 Å². The molecule has 21 heavy (non-hydrogen) atoms. The van der Waals surface area contributed by atoms with Gasteiger partial charge < -0.3 is 29.4 Å². The smallest absolute Gasteiger partial charge is 0.231 e. The first kappa shape index (κ1) is 15.9. The summed E-state index contributed by atoms with van der Waals surface area (Å²) in [5, 5.41) is 13.0. The molecule has 2 N–H and O–H groups in total. The highest BCUT2D eigenvalue weighted by atomic mass is 16.7. The number of ether oxygens (including phenoxy) is 4. The van der Waals surface area contributed by atoms with Crippen LogP contribution in [-0.4, -0.2) is 44.4 Å². The van der Waals surface area contributed by atoms with Crippen molar-refractivity contribution in [2.75, 3.05) is 33.2 Å². The first-order valence-electron chi connectivity index (χ1n) is 7.26. The van der Waals surface area contributed by atoms with Crippen LogP contribution in [0.2, 0.25) is 0 Å². The van der Waals surface area contributed by atoms with Gasteiger partial charge in [0.25, 0.3) is 0 Å². The standard InChI is InChI=1S/C15H23NO5/c1-3-16-7-11-5-14-15(21-10-20-14)6-13(11)19-9-12(17)8-18-4-2/h5-6,12,16-17H,3-4,7-10H2,1-2H3. The van der Waals surface area contributed by atoms with Gasteiger partial charge in [0.2, 0.25) is 6.79 Å². The summed E-state index contributed by atoms with van der Waals surface area (Å²) in [4.78, 5) is 0. The van der Waals surface area contributed by atoms with Crippen LogP contribution in [0.25, 0.3) is 0 Å². The Morgan fingerprint density at radius 1 is 1.24 bits per heavy atom. The van der Waals surface area contributed by atoms with E-state index in [-0.39, 0.29) is 20.0 Å². The SMILES string of the molecule is CCNCc1cc2c(cc1OCC(O)COCC)OCO2. The summed E-state index contributed by atoms with van der Waals surface area (Å²) in [5.74, 6) is 2.09. The predicted octanol–water partition coefficient (Wildman–Crippen LogP) is 1.30. The monoisotopic (exact) mass is 297 g/mol. The second kappa shape index (κ2) is 8.07. The van der Waals surface area contributed by atoms with E-state index in [1.807, 2.05) is 26.0 Å². The van der Waals surface area contributed by atoms with Crippen LogP contribution in [0.3, 0.4) is 0 Å². The van der Waals surface area contributed by atoms with Gasteiger partial charge in [0, 0.05) is 24.8 Å². The topological polar surface area (TPSA) is 69.2 Å². The van der Waals surface area contributed by atoms with E-state index in [0.29, 0.717) is 24.7 Å². The molecule has 0 aliphatic carbocycles. The first-order chi connectivity index (χ1) is 10.2. The fourth-order valence-corrected chi connectivity index (χ4v) is 1.99. The van der Waals surface area contributed by atoms with E-state index >= 15 is 0 Å². The second-order valence-electron chi connectivity index (χ2n) is 4.72. The molecule has 0 radical (unpaired) electrons. The number of aliphatic hydroxyl groups excluding tert-OH is 1. The molecule has 1 heterocycles. The van der Waals surface area contributed by atoms with E-state index in [0.717, 1.165) is 17.9 Å². The molecule has 118 valence electrons. The zero-order valence-corrected chi connectivity index (χ0v) is 12.6. The maximum absolute atomic E-state index is 9.78. The van der Waals surface area contributed by atoms with Crippen LogP contribution >= 0.6 is 0 Å². The molecule has 1 aromatic carbocycles. The average molecular weight is 297 g/mol. The second-order valence-corrected chi connectivity index (χ2v) is 4.72. The van der Waals surface area contributed by atoms with Crippen LogP contribution in [-0.2, 0) is 11.3 Å². The average Bonchev–Trinajstić information content (AvgIpc) is 2.95. The van der Waals surface area contributed by atoms with Crippen molar-refractivity contribution in [2.24, 2.45) is 0 Å². The van der Waals surface area contributed by atoms with Crippen LogP contribution in [0.1, 0.15) is 19.4 Å². The molecule has 0 bridgehead atoms. The third kappa shape index (κ3) is 4.49. The van der Waals surface area contributed by atoms with Crippen LogP contribution in [0, 0.1) is 0 Å². The molecule has 0 aromatic heterocycles. The van der Waals surface area contributed by atoms with Crippen LogP contribution in [0.4, 0.5) is 0 Å². The van der Waals surface area contributed by atoms with Crippen LogP contribution in [0.15, 0.2) is 12.1 Å². The molecule has 0 fully saturated rings. The van der Waals surface area contributed by atoms with E-state index in [9.17, 15) is 5.11 Å². The molecule has 0 amide bonds. The zero-order chi connectivity index (χ0) is 15.1. The largest absolute Gasteiger partial charge is 0.490 e. The van der Waals surface area contributed by atoms with Gasteiger partial charge in [-0.2, -0.15) is 0 Å². The Bertz CT molecular complexity index is 452. The minimum Gasteiger partial charge on any atom is -0.490 e. The van der Waals surface area contributed by atoms with Gasteiger partial charge in [0.15, 0.2) is 11.5 Å². The predicted molar refractivity (Wildman–Crippen MR) is 77.9 cm³/mol. The summed E-state index contributed by atoms with van der Waals surface area (Å²) >= 11 is 0. The lowest BCUT2D eigenvalue weighted by Gasteiger charge is -2.16. The minimum absolute atomic E-state index is 0.179. The van der Waals surface area contributed by atoms with Crippen molar-refractivity contribution in [2.45, 2.75) is 26.5 Å². The molecule has 0 saturated heterocycles. The Morgan fingerprint density at radius 3 is 2.71 bits per heavy atom. The van der Waals surface area contributed by atoms with Crippen LogP contribution in [0.5, 0.6) is 17.2 Å². The molecule has 2 rings (SSSR count). The Labute approximate surface area is 125 Å². The summed E-state index contributed by atoms with van der Waals surface area (Å²) in [6.45, 7) is 6.71. The highest BCUT2D eigenvalue weighted by Gasteiger charge is 2.18. The van der Waals surface area contributed by atoms with Crippen molar-refractivity contribution < 1.29 is 24.1 Å². The molecular formula is C15H23NO5. The van der Waals surface area contributed by atoms with Crippen molar-refractivity contribution in [3.8, 4) is 17.2 Å². The molecule has 1 aliphatic rings. The van der Waals surface area contributed by atoms with Gasteiger partial charge in [-0.25, -0.2) is 0 Å². The lowest BCUT2D eigenvalue weighted by atomic mass is 10.1. The maximum atomic E-state index is 9.78. The summed E-state index contributed by atoms with van der Waals surface area (Å²) < 4.78 is 21.6. The molecule has 1 unspecified atom stereocenters. The number of hydrogen-bond donors (Lipinski definition) is 2. The number of aliphatic hydroxyl groups is 1. The molecule has 1 aromatic rings. The summed E-state index contributed by atoms with van der Waals surface area (Å²) in [6.07, 6.45) is -0.651. The molecule has 0 spiro atoms. The lowest BCUT2D eigenvalue weighted by Crippen LogP contribution is -2.24. The number of nitrogens with one attached hydrogen (secondary N) is 1. The van der Waals surface area contributed by atoms with Gasteiger partial charge in [-0.1, -0.05) is 6.92 Å². The summed E-state index contributed by atoms with van der Waals surface area (Å²) in [5.41, 5.74) is 0.977. The van der Waals surface area contributed by atoms with Crippen molar-refractivity contribution in [1.82, 2.24) is 5.32 Å². The Hall–Kier alpha value is -1.50. The van der Waals surface area contributed by atoms with E-state index < -0.39 is 6.10 Å². The molecule has 1 aliphatic heterocycles. The van der Waals surface area contributed by atoms with Crippen molar-refractivity contribution in [3.05, 3.63) is 17.7 Å². The highest BCUT2D eigenvalue weighted by molar-refractivity contribution is 5.51. The Balaban J connectivity index is 2.02. The first-order valence-corrected chi connectivity index (χ1v) is 7.26. The number of benzene rings is 1. The van der Waals surface area contributed by atoms with E-state index in [4.69, 9.17) is 18.9 Å². The van der Waals surface area contributed by atoms with Gasteiger partial charge in [0.05, 0.1) is 6.61 Å². The molecule has 6 heteroatoms. The molecular weight excluding hydrogens is 274 g/mol. The fourth-order valence-electron chi connectivity index (χ4n) is 1.99. The third-order valence-corrected chi connectivity index (χ3v) is 3.07. The lowest BCUT2D eigenvalue weighted by molar-refractivity contribution is 0.0162. The summed E-state index contributed by atoms with van der Waals surface area (Å²) in [7, 11) is 0. The zero-order valence-electron chi connectivity index (χ0n) is 12.6. The molecule has 6 nitrogen and oxygen atoms in total. The third-order valence-electron chi connectivity index (χ3n) is 3.07. The van der Waals surface area contributed by atoms with Gasteiger partial charge >= 0.3 is 0 Å². The van der Waals surface area contributed by atoms with Gasteiger partial charge in [0.1, 0.15) is 18.5 Å². The highest BCUT2D eigenvalue weighted by Crippen LogP contribution is 2.38. The Kier molecular flexibility index (Phi) is 6.10. The van der Waals surface area contributed by atoms with Gasteiger partial charge in [-0.05, 0) is 19.5 Å². The van der Waals surface area contributed by atoms with E-state index in [2.05, 4.69) is 5.32 Å². The molecule has 0 saturated carbocycles. The summed E-state index contributed by atoms with van der Waals surface area (Å²) in [6, 6.07) is 3.72. The normalized spacial score (nSPS) is 14.2. The quantitative estimate of drug-likeness (QED) is 0.716. The van der Waals surface area contributed by atoms with Crippen molar-refractivity contribution in [3.63, 3.8) is 0 Å². The van der Waals surface area contributed by atoms with Gasteiger partial charge in [-0.3, -0.25) is 0 Å². The minimum atomic E-state index is -0.651. The molecule has 1 atom stereocenters. The number of rotatable bonds is 9. The van der Waals surface area contributed by atoms with Gasteiger partial charge in [-0.15, -0.1) is 0 Å². The number of fused-ring (bicyclic) bond motifs is 1. The number of hydrogen-bond acceptors (Lipinski definition) is 6. The van der Waals surface area contributed by atoms with E-state index in [1.54, 1.807) is 0 Å². The Morgan fingerprint density at radius 2 is 2.00 bits per heavy atom. The van der Waals surface area contributed by atoms with Crippen molar-refractivity contribution in [1.29, 1.82) is 0 Å². The van der Waals surface area contributed by atoms with Crippen LogP contribution < -0.4 is 19.5 Å². The maximum Gasteiger partial charge on any atom is 0.231 e.